The highest BCUT2D eigenvalue weighted by atomic mass is 19.4. The third kappa shape index (κ3) is 3.54. The van der Waals surface area contributed by atoms with Crippen molar-refractivity contribution < 1.29 is 22.8 Å². The highest BCUT2D eigenvalue weighted by Gasteiger charge is 2.35. The van der Waals surface area contributed by atoms with Gasteiger partial charge >= 0.3 is 6.18 Å². The van der Waals surface area contributed by atoms with E-state index in [0.29, 0.717) is 11.4 Å². The van der Waals surface area contributed by atoms with Crippen molar-refractivity contribution in [2.45, 2.75) is 19.1 Å². The van der Waals surface area contributed by atoms with Gasteiger partial charge in [0.2, 0.25) is 0 Å². The predicted octanol–water partition coefficient (Wildman–Crippen LogP) is 4.38. The number of pyridine rings is 1. The number of fused-ring (bicyclic) bond motifs is 1. The molecule has 0 saturated heterocycles. The van der Waals surface area contributed by atoms with Gasteiger partial charge in [0, 0.05) is 30.7 Å². The van der Waals surface area contributed by atoms with Gasteiger partial charge in [-0.1, -0.05) is 0 Å². The second kappa shape index (κ2) is 7.33. The fourth-order valence-electron chi connectivity index (χ4n) is 3.47. The first-order chi connectivity index (χ1) is 14.3. The lowest BCUT2D eigenvalue weighted by Crippen LogP contribution is -2.43. The summed E-state index contributed by atoms with van der Waals surface area (Å²) in [5, 5.41) is 2.70. The van der Waals surface area contributed by atoms with Crippen LogP contribution in [0.2, 0.25) is 0 Å². The number of nitrogens with zero attached hydrogens (tertiary/aromatic N) is 3. The van der Waals surface area contributed by atoms with Gasteiger partial charge in [0.1, 0.15) is 5.69 Å². The fraction of sp³-hybridized carbons (Fsp3) is 0.190. The average molecular weight is 414 g/mol. The number of hydrogen-bond donors (Lipinski definition) is 1. The number of anilines is 2. The summed E-state index contributed by atoms with van der Waals surface area (Å²) in [6.07, 6.45) is 0.270. The van der Waals surface area contributed by atoms with Crippen LogP contribution in [-0.2, 0) is 6.18 Å². The Hall–Kier alpha value is -3.62. The summed E-state index contributed by atoms with van der Waals surface area (Å²) in [5.41, 5.74) is 0.412. The van der Waals surface area contributed by atoms with E-state index in [1.807, 2.05) is 6.92 Å². The van der Waals surface area contributed by atoms with Gasteiger partial charge in [-0.2, -0.15) is 13.2 Å². The molecule has 30 heavy (non-hydrogen) atoms. The third-order valence-corrected chi connectivity index (χ3v) is 4.95. The van der Waals surface area contributed by atoms with Gasteiger partial charge in [0.25, 0.3) is 11.8 Å². The monoisotopic (exact) mass is 414 g/mol. The zero-order valence-electron chi connectivity index (χ0n) is 15.8. The summed E-state index contributed by atoms with van der Waals surface area (Å²) in [6.45, 7) is 2.14. The highest BCUT2D eigenvalue weighted by Crippen LogP contribution is 2.33. The number of carbonyl (C=O) groups excluding carboxylic acids is 2. The minimum Gasteiger partial charge on any atom is -0.338 e. The van der Waals surface area contributed by atoms with E-state index in [9.17, 15) is 22.8 Å². The zero-order chi connectivity index (χ0) is 21.5. The van der Waals surface area contributed by atoms with E-state index in [1.54, 1.807) is 35.2 Å². The van der Waals surface area contributed by atoms with E-state index in [4.69, 9.17) is 0 Å². The normalized spacial score (nSPS) is 16.3. The largest absolute Gasteiger partial charge is 0.416 e. The number of halogens is 3. The number of nitrogens with one attached hydrogen (secondary N) is 1. The summed E-state index contributed by atoms with van der Waals surface area (Å²) in [5.74, 6) is -0.916. The molecule has 0 fully saturated rings. The van der Waals surface area contributed by atoms with Crippen LogP contribution in [0.25, 0.3) is 0 Å². The molecule has 0 saturated carbocycles. The van der Waals surface area contributed by atoms with Crippen molar-refractivity contribution >= 4 is 23.2 Å². The van der Waals surface area contributed by atoms with Crippen molar-refractivity contribution in [3.8, 4) is 0 Å². The fourth-order valence-corrected chi connectivity index (χ4v) is 3.47. The first kappa shape index (κ1) is 19.7. The molecule has 1 aliphatic rings. The number of aromatic nitrogens is 2. The van der Waals surface area contributed by atoms with Crippen LogP contribution in [0.4, 0.5) is 24.5 Å². The number of carbonyl (C=O) groups is 2. The van der Waals surface area contributed by atoms with Crippen molar-refractivity contribution in [2.75, 3.05) is 16.8 Å². The van der Waals surface area contributed by atoms with E-state index in [2.05, 4.69) is 10.3 Å². The highest BCUT2D eigenvalue weighted by molar-refractivity contribution is 6.16. The van der Waals surface area contributed by atoms with Crippen molar-refractivity contribution in [2.24, 2.45) is 0 Å². The topological polar surface area (TPSA) is 67.2 Å². The SMILES string of the molecule is CC1CN(c2ccc(C(F)(F)F)cc2)C(=O)c2c(C(=O)Nc3cccnc3)ccn21. The Bertz CT molecular complexity index is 1090. The summed E-state index contributed by atoms with van der Waals surface area (Å²) in [7, 11) is 0. The Morgan fingerprint density at radius 1 is 1.17 bits per heavy atom. The molecule has 3 heterocycles. The molecule has 1 atom stereocenters. The Morgan fingerprint density at radius 3 is 2.53 bits per heavy atom. The van der Waals surface area contributed by atoms with Crippen LogP contribution >= 0.6 is 0 Å². The molecular weight excluding hydrogens is 397 g/mol. The van der Waals surface area contributed by atoms with Crippen LogP contribution in [0.15, 0.2) is 61.1 Å². The maximum atomic E-state index is 13.2. The van der Waals surface area contributed by atoms with Gasteiger partial charge in [0.05, 0.1) is 23.0 Å². The van der Waals surface area contributed by atoms with Gasteiger partial charge in [-0.25, -0.2) is 0 Å². The molecule has 0 spiro atoms. The van der Waals surface area contributed by atoms with Gasteiger partial charge in [-0.05, 0) is 49.4 Å². The average Bonchev–Trinajstić information content (AvgIpc) is 3.17. The van der Waals surface area contributed by atoms with Gasteiger partial charge < -0.3 is 14.8 Å². The maximum Gasteiger partial charge on any atom is 0.416 e. The van der Waals surface area contributed by atoms with E-state index >= 15 is 0 Å². The quantitative estimate of drug-likeness (QED) is 0.692. The van der Waals surface area contributed by atoms with Crippen molar-refractivity contribution in [3.63, 3.8) is 0 Å². The summed E-state index contributed by atoms with van der Waals surface area (Å²) < 4.78 is 40.2. The lowest BCUT2D eigenvalue weighted by molar-refractivity contribution is -0.137. The second-order valence-corrected chi connectivity index (χ2v) is 6.99. The number of hydrogen-bond acceptors (Lipinski definition) is 3. The van der Waals surface area contributed by atoms with Gasteiger partial charge in [0.15, 0.2) is 0 Å². The molecule has 0 bridgehead atoms. The van der Waals surface area contributed by atoms with E-state index in [0.717, 1.165) is 12.1 Å². The van der Waals surface area contributed by atoms with Crippen LogP contribution in [0.1, 0.15) is 39.4 Å². The van der Waals surface area contributed by atoms with Gasteiger partial charge in [-0.15, -0.1) is 0 Å². The van der Waals surface area contributed by atoms with Crippen LogP contribution in [0, 0.1) is 0 Å². The lowest BCUT2D eigenvalue weighted by Gasteiger charge is -2.33. The lowest BCUT2D eigenvalue weighted by atomic mass is 10.1. The van der Waals surface area contributed by atoms with Crippen LogP contribution in [-0.4, -0.2) is 27.9 Å². The standard InChI is InChI=1S/C21H17F3N4O2/c1-13-12-28(16-6-4-14(5-7-16)21(22,23)24)20(30)18-17(8-10-27(13)18)19(29)26-15-3-2-9-25-11-15/h2-11,13H,12H2,1H3,(H,26,29). The Kier molecular flexibility index (Phi) is 4.81. The minimum atomic E-state index is -4.45. The van der Waals surface area contributed by atoms with E-state index in [1.165, 1.54) is 23.2 Å². The van der Waals surface area contributed by atoms with Crippen molar-refractivity contribution in [3.05, 3.63) is 77.9 Å². The molecule has 2 aromatic heterocycles. The third-order valence-electron chi connectivity index (χ3n) is 4.95. The number of rotatable bonds is 3. The van der Waals surface area contributed by atoms with E-state index < -0.39 is 23.6 Å². The predicted molar refractivity (Wildman–Crippen MR) is 104 cm³/mol. The number of alkyl halides is 3. The van der Waals surface area contributed by atoms with Gasteiger partial charge in [-0.3, -0.25) is 14.6 Å². The van der Waals surface area contributed by atoms with E-state index in [-0.39, 0.29) is 23.8 Å². The minimum absolute atomic E-state index is 0.167. The Morgan fingerprint density at radius 2 is 1.90 bits per heavy atom. The Balaban J connectivity index is 1.65. The molecule has 1 unspecified atom stereocenters. The molecule has 0 radical (unpaired) electrons. The zero-order valence-corrected chi connectivity index (χ0v) is 15.8. The molecule has 6 nitrogen and oxygen atoms in total. The summed E-state index contributed by atoms with van der Waals surface area (Å²) >= 11 is 0. The maximum absolute atomic E-state index is 13.2. The molecule has 0 aliphatic carbocycles. The Labute approximate surface area is 169 Å². The van der Waals surface area contributed by atoms with Crippen molar-refractivity contribution in [1.82, 2.24) is 9.55 Å². The molecule has 154 valence electrons. The smallest absolute Gasteiger partial charge is 0.338 e. The molecule has 1 aromatic carbocycles. The second-order valence-electron chi connectivity index (χ2n) is 6.99. The molecular formula is C21H17F3N4O2. The first-order valence-electron chi connectivity index (χ1n) is 9.17. The number of amides is 2. The molecule has 1 aliphatic heterocycles. The first-order valence-corrected chi connectivity index (χ1v) is 9.17. The molecule has 3 aromatic rings. The van der Waals surface area contributed by atoms with Crippen LogP contribution in [0.5, 0.6) is 0 Å². The van der Waals surface area contributed by atoms with Crippen LogP contribution < -0.4 is 10.2 Å². The molecule has 9 heteroatoms. The summed E-state index contributed by atoms with van der Waals surface area (Å²) in [6, 6.07) is 9.15. The summed E-state index contributed by atoms with van der Waals surface area (Å²) in [4.78, 5) is 31.2. The van der Waals surface area contributed by atoms with Crippen LogP contribution in [0.3, 0.4) is 0 Å². The molecule has 4 rings (SSSR count). The molecule has 2 amide bonds. The number of benzene rings is 1. The van der Waals surface area contributed by atoms with Crippen molar-refractivity contribution in [1.29, 1.82) is 0 Å². The molecule has 1 N–H and O–H groups in total.